The number of hydrogen-bond donors (Lipinski definition) is 0. The van der Waals surface area contributed by atoms with Gasteiger partial charge in [-0.05, 0) is 59.1 Å². The van der Waals surface area contributed by atoms with Gasteiger partial charge in [-0.3, -0.25) is 14.0 Å². The Morgan fingerprint density at radius 3 is 2.72 bits per heavy atom. The molecule has 0 fully saturated rings. The predicted molar refractivity (Wildman–Crippen MR) is 125 cm³/mol. The summed E-state index contributed by atoms with van der Waals surface area (Å²) in [5.41, 5.74) is 2.28. The quantitative estimate of drug-likeness (QED) is 0.402. The van der Waals surface area contributed by atoms with Crippen LogP contribution in [0.1, 0.15) is 41.3 Å². The highest BCUT2D eigenvalue weighted by Crippen LogP contribution is 2.17. The molecule has 0 saturated heterocycles. The Morgan fingerprint density at radius 1 is 1.22 bits per heavy atom. The van der Waals surface area contributed by atoms with Crippen LogP contribution in [-0.4, -0.2) is 19.9 Å². The molecule has 0 aliphatic heterocycles. The maximum atomic E-state index is 13.2. The number of aryl methyl sites for hydroxylation is 2. The van der Waals surface area contributed by atoms with Crippen molar-refractivity contribution in [3.63, 3.8) is 0 Å². The minimum atomic E-state index is -0.479. The number of carbonyl (C=O) groups excluding carboxylic acids is 1. The van der Waals surface area contributed by atoms with E-state index >= 15 is 0 Å². The highest BCUT2D eigenvalue weighted by atomic mass is 79.9. The average molecular weight is 490 g/mol. The molecule has 160 valence electrons. The number of fused-ring (bicyclic) bond motifs is 2. The van der Waals surface area contributed by atoms with Crippen LogP contribution in [0.2, 0.25) is 0 Å². The topological polar surface area (TPSA) is 92.5 Å². The van der Waals surface area contributed by atoms with Crippen LogP contribution in [0.25, 0.3) is 16.7 Å². The molecule has 8 heteroatoms. The number of rotatable bonds is 4. The van der Waals surface area contributed by atoms with Crippen molar-refractivity contribution in [2.45, 2.75) is 33.2 Å². The minimum absolute atomic E-state index is 0.153. The van der Waals surface area contributed by atoms with E-state index in [1.165, 1.54) is 10.5 Å². The fourth-order valence-electron chi connectivity index (χ4n) is 3.61. The zero-order chi connectivity index (χ0) is 22.8. The smallest absolute Gasteiger partial charge is 0.280 e. The van der Waals surface area contributed by atoms with Gasteiger partial charge in [-0.2, -0.15) is 10.3 Å². The lowest BCUT2D eigenvalue weighted by molar-refractivity contribution is 0.0996. The van der Waals surface area contributed by atoms with Crippen LogP contribution < -0.4 is 11.0 Å². The SMILES string of the molecule is CCCCn1c(=NC(=O)c2ccccc2Br)c(C#N)cc2c(=O)n3cccc(C)c3nc21. The molecule has 3 aromatic heterocycles. The molecule has 4 aromatic rings. The molecule has 32 heavy (non-hydrogen) atoms. The van der Waals surface area contributed by atoms with E-state index in [9.17, 15) is 14.9 Å². The van der Waals surface area contributed by atoms with Gasteiger partial charge in [0.2, 0.25) is 0 Å². The van der Waals surface area contributed by atoms with Crippen LogP contribution >= 0.6 is 15.9 Å². The third-order valence-corrected chi connectivity index (χ3v) is 5.96. The number of unbranched alkanes of at least 4 members (excludes halogenated alkanes) is 1. The van der Waals surface area contributed by atoms with E-state index in [1.807, 2.05) is 26.0 Å². The van der Waals surface area contributed by atoms with Gasteiger partial charge in [-0.25, -0.2) is 4.98 Å². The summed E-state index contributed by atoms with van der Waals surface area (Å²) in [5.74, 6) is -0.479. The fraction of sp³-hybridized carbons (Fsp3) is 0.208. The Morgan fingerprint density at radius 2 is 2.00 bits per heavy atom. The Balaban J connectivity index is 2.12. The molecule has 1 aromatic carbocycles. The molecule has 0 saturated carbocycles. The standard InChI is InChI=1S/C24H20BrN5O2/c1-3-4-11-29-21(28-23(31)17-9-5-6-10-19(17)25)16(14-26)13-18-22(29)27-20-15(2)8-7-12-30(20)24(18)32/h5-10,12-13H,3-4,11H2,1-2H3. The highest BCUT2D eigenvalue weighted by Gasteiger charge is 2.16. The number of hydrogen-bond acceptors (Lipinski definition) is 4. The molecule has 4 rings (SSSR count). The summed E-state index contributed by atoms with van der Waals surface area (Å²) in [6, 6.07) is 14.2. The molecular weight excluding hydrogens is 470 g/mol. The minimum Gasteiger partial charge on any atom is -0.309 e. The summed E-state index contributed by atoms with van der Waals surface area (Å²) in [6.45, 7) is 4.40. The first-order valence-electron chi connectivity index (χ1n) is 10.3. The molecular formula is C24H20BrN5O2. The maximum absolute atomic E-state index is 13.2. The lowest BCUT2D eigenvalue weighted by Gasteiger charge is -2.14. The van der Waals surface area contributed by atoms with Crippen molar-refractivity contribution in [3.05, 3.63) is 85.7 Å². The number of carbonyl (C=O) groups is 1. The zero-order valence-corrected chi connectivity index (χ0v) is 19.3. The second-order valence-corrected chi connectivity index (χ2v) is 8.29. The number of halogens is 1. The number of amides is 1. The molecule has 0 atom stereocenters. The van der Waals surface area contributed by atoms with Crippen LogP contribution in [0.3, 0.4) is 0 Å². The van der Waals surface area contributed by atoms with Gasteiger partial charge in [0.1, 0.15) is 17.4 Å². The third kappa shape index (κ3) is 3.76. The van der Waals surface area contributed by atoms with E-state index in [0.29, 0.717) is 33.3 Å². The molecule has 0 unspecified atom stereocenters. The Kier molecular flexibility index (Phi) is 6.01. The molecule has 3 heterocycles. The van der Waals surface area contributed by atoms with Gasteiger partial charge in [-0.1, -0.05) is 31.5 Å². The van der Waals surface area contributed by atoms with Gasteiger partial charge in [0, 0.05) is 17.2 Å². The Labute approximate surface area is 192 Å². The van der Waals surface area contributed by atoms with Gasteiger partial charge in [0.05, 0.1) is 16.5 Å². The highest BCUT2D eigenvalue weighted by molar-refractivity contribution is 9.10. The molecule has 0 radical (unpaired) electrons. The van der Waals surface area contributed by atoms with E-state index in [1.54, 1.807) is 35.0 Å². The first-order valence-corrected chi connectivity index (χ1v) is 11.0. The summed E-state index contributed by atoms with van der Waals surface area (Å²) >= 11 is 3.38. The summed E-state index contributed by atoms with van der Waals surface area (Å²) in [6.07, 6.45) is 3.32. The van der Waals surface area contributed by atoms with Crippen LogP contribution in [0, 0.1) is 18.3 Å². The van der Waals surface area contributed by atoms with E-state index in [-0.39, 0.29) is 16.6 Å². The predicted octanol–water partition coefficient (Wildman–Crippen LogP) is 4.13. The maximum Gasteiger partial charge on any atom is 0.280 e. The molecule has 0 bridgehead atoms. The Bertz CT molecular complexity index is 1540. The van der Waals surface area contributed by atoms with Gasteiger partial charge in [-0.15, -0.1) is 0 Å². The van der Waals surface area contributed by atoms with Crippen molar-refractivity contribution in [1.29, 1.82) is 5.26 Å². The number of nitrogens with zero attached hydrogens (tertiary/aromatic N) is 5. The molecule has 0 N–H and O–H groups in total. The van der Waals surface area contributed by atoms with E-state index < -0.39 is 5.91 Å². The summed E-state index contributed by atoms with van der Waals surface area (Å²) in [5, 5.41) is 10.2. The molecule has 1 amide bonds. The summed E-state index contributed by atoms with van der Waals surface area (Å²) in [4.78, 5) is 35.3. The largest absolute Gasteiger partial charge is 0.309 e. The lowest BCUT2D eigenvalue weighted by Crippen LogP contribution is -2.29. The normalized spacial score (nSPS) is 11.8. The van der Waals surface area contributed by atoms with Gasteiger partial charge in [0.15, 0.2) is 5.49 Å². The van der Waals surface area contributed by atoms with Crippen molar-refractivity contribution in [1.82, 2.24) is 14.0 Å². The van der Waals surface area contributed by atoms with Crippen molar-refractivity contribution >= 4 is 38.5 Å². The molecule has 0 aliphatic rings. The molecule has 0 spiro atoms. The van der Waals surface area contributed by atoms with E-state index in [0.717, 1.165) is 18.4 Å². The molecule has 0 aliphatic carbocycles. The van der Waals surface area contributed by atoms with Gasteiger partial charge < -0.3 is 4.57 Å². The van der Waals surface area contributed by atoms with E-state index in [2.05, 4.69) is 27.0 Å². The van der Waals surface area contributed by atoms with Gasteiger partial charge >= 0.3 is 0 Å². The van der Waals surface area contributed by atoms with Crippen LogP contribution in [0.15, 0.2) is 62.9 Å². The first-order chi connectivity index (χ1) is 15.5. The van der Waals surface area contributed by atoms with Crippen LogP contribution in [0.4, 0.5) is 0 Å². The second kappa shape index (κ2) is 8.89. The Hall–Kier alpha value is -3.57. The van der Waals surface area contributed by atoms with Crippen molar-refractivity contribution in [2.24, 2.45) is 4.99 Å². The first kappa shape index (κ1) is 21.7. The average Bonchev–Trinajstić information content (AvgIpc) is 2.79. The number of nitriles is 1. The third-order valence-electron chi connectivity index (χ3n) is 5.27. The van der Waals surface area contributed by atoms with E-state index in [4.69, 9.17) is 4.98 Å². The summed E-state index contributed by atoms with van der Waals surface area (Å²) in [7, 11) is 0. The lowest BCUT2D eigenvalue weighted by atomic mass is 10.2. The number of aromatic nitrogens is 3. The number of pyridine rings is 2. The van der Waals surface area contributed by atoms with Crippen molar-refractivity contribution in [2.75, 3.05) is 0 Å². The monoisotopic (exact) mass is 489 g/mol. The summed E-state index contributed by atoms with van der Waals surface area (Å²) < 4.78 is 3.82. The van der Waals surface area contributed by atoms with Crippen molar-refractivity contribution in [3.8, 4) is 6.07 Å². The second-order valence-electron chi connectivity index (χ2n) is 7.43. The van der Waals surface area contributed by atoms with Crippen LogP contribution in [-0.2, 0) is 6.54 Å². The van der Waals surface area contributed by atoms with Gasteiger partial charge in [0.25, 0.3) is 11.5 Å². The number of benzene rings is 1. The molecule has 7 nitrogen and oxygen atoms in total. The van der Waals surface area contributed by atoms with Crippen LogP contribution in [0.5, 0.6) is 0 Å². The zero-order valence-electron chi connectivity index (χ0n) is 17.7. The van der Waals surface area contributed by atoms with Crippen molar-refractivity contribution < 1.29 is 4.79 Å². The fourth-order valence-corrected chi connectivity index (χ4v) is 4.06.